The molecule has 1 N–H and O–H groups in total. The third-order valence-electron chi connectivity index (χ3n) is 4.06. The van der Waals surface area contributed by atoms with E-state index >= 15 is 0 Å². The smallest absolute Gasteiger partial charge is 0.265 e. The van der Waals surface area contributed by atoms with E-state index in [1.807, 2.05) is 30.3 Å². The first-order valence-electron chi connectivity index (χ1n) is 8.41. The number of rotatable bonds is 5. The zero-order valence-corrected chi connectivity index (χ0v) is 14.4. The van der Waals surface area contributed by atoms with Gasteiger partial charge in [0.25, 0.3) is 11.5 Å². The van der Waals surface area contributed by atoms with Crippen LogP contribution in [0.4, 0.5) is 0 Å². The molecule has 0 aliphatic heterocycles. The summed E-state index contributed by atoms with van der Waals surface area (Å²) in [5.41, 5.74) is 1.65. The number of carbonyl (C=O) groups excluding carboxylic acids is 1. The molecule has 5 heteroatoms. The van der Waals surface area contributed by atoms with Gasteiger partial charge in [0.2, 0.25) is 0 Å². The number of aromatic nitrogens is 2. The van der Waals surface area contributed by atoms with Crippen LogP contribution in [0.25, 0.3) is 16.6 Å². The van der Waals surface area contributed by atoms with Gasteiger partial charge in [-0.25, -0.2) is 4.98 Å². The first-order chi connectivity index (χ1) is 12.1. The third-order valence-corrected chi connectivity index (χ3v) is 4.06. The Morgan fingerprint density at radius 2 is 1.92 bits per heavy atom. The van der Waals surface area contributed by atoms with E-state index in [0.29, 0.717) is 28.9 Å². The number of benzene rings is 2. The third kappa shape index (κ3) is 3.76. The maximum absolute atomic E-state index is 12.7. The van der Waals surface area contributed by atoms with Crippen molar-refractivity contribution in [1.82, 2.24) is 14.9 Å². The molecular weight excluding hydrogens is 314 g/mol. The van der Waals surface area contributed by atoms with Gasteiger partial charge in [0, 0.05) is 12.1 Å². The Bertz CT molecular complexity index is 946. The molecule has 0 fully saturated rings. The lowest BCUT2D eigenvalue weighted by Gasteiger charge is -2.09. The van der Waals surface area contributed by atoms with Crippen molar-refractivity contribution in [2.45, 2.75) is 20.3 Å². The van der Waals surface area contributed by atoms with Gasteiger partial charge in [-0.3, -0.25) is 14.2 Å². The van der Waals surface area contributed by atoms with Gasteiger partial charge < -0.3 is 5.32 Å². The van der Waals surface area contributed by atoms with Gasteiger partial charge in [0.05, 0.1) is 16.6 Å². The van der Waals surface area contributed by atoms with Crippen LogP contribution in [0.3, 0.4) is 0 Å². The second-order valence-electron chi connectivity index (χ2n) is 6.43. The van der Waals surface area contributed by atoms with Crippen molar-refractivity contribution in [3.63, 3.8) is 0 Å². The fourth-order valence-electron chi connectivity index (χ4n) is 2.61. The molecule has 0 aliphatic rings. The van der Waals surface area contributed by atoms with Crippen LogP contribution >= 0.6 is 0 Å². The Labute approximate surface area is 146 Å². The second kappa shape index (κ2) is 7.30. The van der Waals surface area contributed by atoms with Crippen molar-refractivity contribution >= 4 is 16.8 Å². The normalized spacial score (nSPS) is 11.0. The second-order valence-corrected chi connectivity index (χ2v) is 6.43. The van der Waals surface area contributed by atoms with E-state index in [1.54, 1.807) is 18.2 Å². The number of hydrogen-bond donors (Lipinski definition) is 1. The van der Waals surface area contributed by atoms with Gasteiger partial charge in [-0.2, -0.15) is 0 Å². The molecule has 0 saturated carbocycles. The lowest BCUT2D eigenvalue weighted by atomic mass is 10.1. The molecule has 5 nitrogen and oxygen atoms in total. The summed E-state index contributed by atoms with van der Waals surface area (Å²) in [7, 11) is 0. The summed E-state index contributed by atoms with van der Waals surface area (Å²) in [6.07, 6.45) is 2.43. The zero-order chi connectivity index (χ0) is 17.8. The average molecular weight is 335 g/mol. The van der Waals surface area contributed by atoms with Gasteiger partial charge in [0.1, 0.15) is 6.33 Å². The van der Waals surface area contributed by atoms with Gasteiger partial charge in [0.15, 0.2) is 0 Å². The first-order valence-corrected chi connectivity index (χ1v) is 8.41. The molecule has 1 amide bonds. The van der Waals surface area contributed by atoms with Gasteiger partial charge in [-0.05, 0) is 42.7 Å². The SMILES string of the molecule is CC(C)CCNC(=O)c1ccc2c(=O)n(-c3ccccc3)cnc2c1. The maximum atomic E-state index is 12.7. The molecule has 0 bridgehead atoms. The lowest BCUT2D eigenvalue weighted by molar-refractivity contribution is 0.0952. The molecule has 0 aliphatic carbocycles. The summed E-state index contributed by atoms with van der Waals surface area (Å²) in [4.78, 5) is 29.3. The molecule has 0 unspecified atom stereocenters. The van der Waals surface area contributed by atoms with Crippen molar-refractivity contribution < 1.29 is 4.79 Å². The Kier molecular flexibility index (Phi) is 4.93. The van der Waals surface area contributed by atoms with Gasteiger partial charge >= 0.3 is 0 Å². The Hall–Kier alpha value is -2.95. The fraction of sp³-hybridized carbons (Fsp3) is 0.250. The van der Waals surface area contributed by atoms with Crippen molar-refractivity contribution in [3.05, 3.63) is 70.8 Å². The molecular formula is C20H21N3O2. The van der Waals surface area contributed by atoms with Crippen LogP contribution in [-0.4, -0.2) is 22.0 Å². The fourth-order valence-corrected chi connectivity index (χ4v) is 2.61. The van der Waals surface area contributed by atoms with E-state index in [0.717, 1.165) is 12.1 Å². The number of hydrogen-bond acceptors (Lipinski definition) is 3. The van der Waals surface area contributed by atoms with Crippen LogP contribution in [0.5, 0.6) is 0 Å². The molecule has 0 atom stereocenters. The minimum Gasteiger partial charge on any atom is -0.352 e. The number of amides is 1. The maximum Gasteiger partial charge on any atom is 0.265 e. The van der Waals surface area contributed by atoms with Crippen molar-refractivity contribution in [1.29, 1.82) is 0 Å². The van der Waals surface area contributed by atoms with Crippen molar-refractivity contribution in [2.24, 2.45) is 5.92 Å². The van der Waals surface area contributed by atoms with E-state index in [-0.39, 0.29) is 11.5 Å². The molecule has 25 heavy (non-hydrogen) atoms. The van der Waals surface area contributed by atoms with Crippen molar-refractivity contribution in [2.75, 3.05) is 6.54 Å². The van der Waals surface area contributed by atoms with Crippen LogP contribution in [0.2, 0.25) is 0 Å². The highest BCUT2D eigenvalue weighted by Gasteiger charge is 2.10. The van der Waals surface area contributed by atoms with Crippen LogP contribution in [-0.2, 0) is 0 Å². The molecule has 2 aromatic carbocycles. The standard InChI is InChI=1S/C20H21N3O2/c1-14(2)10-11-21-19(24)15-8-9-17-18(12-15)22-13-23(20(17)25)16-6-4-3-5-7-16/h3-9,12-14H,10-11H2,1-2H3,(H,21,24). The quantitative estimate of drug-likeness (QED) is 0.779. The monoisotopic (exact) mass is 335 g/mol. The molecule has 1 heterocycles. The summed E-state index contributed by atoms with van der Waals surface area (Å²) in [6, 6.07) is 14.3. The predicted octanol–water partition coefficient (Wildman–Crippen LogP) is 3.16. The Morgan fingerprint density at radius 1 is 1.16 bits per heavy atom. The Balaban J connectivity index is 1.90. The van der Waals surface area contributed by atoms with Gasteiger partial charge in [-0.15, -0.1) is 0 Å². The molecule has 0 saturated heterocycles. The highest BCUT2D eigenvalue weighted by Crippen LogP contribution is 2.12. The van der Waals surface area contributed by atoms with E-state index < -0.39 is 0 Å². The van der Waals surface area contributed by atoms with Crippen LogP contribution in [0.15, 0.2) is 59.7 Å². The summed E-state index contributed by atoms with van der Waals surface area (Å²) >= 11 is 0. The molecule has 0 spiro atoms. The van der Waals surface area contributed by atoms with Crippen LogP contribution in [0.1, 0.15) is 30.6 Å². The molecule has 128 valence electrons. The van der Waals surface area contributed by atoms with E-state index in [2.05, 4.69) is 24.1 Å². The zero-order valence-electron chi connectivity index (χ0n) is 14.4. The summed E-state index contributed by atoms with van der Waals surface area (Å²) in [6.45, 7) is 4.87. The summed E-state index contributed by atoms with van der Waals surface area (Å²) < 4.78 is 1.50. The molecule has 3 rings (SSSR count). The summed E-state index contributed by atoms with van der Waals surface area (Å²) in [5, 5.41) is 3.39. The lowest BCUT2D eigenvalue weighted by Crippen LogP contribution is -2.25. The van der Waals surface area contributed by atoms with Crippen molar-refractivity contribution in [3.8, 4) is 5.69 Å². The van der Waals surface area contributed by atoms with Gasteiger partial charge in [-0.1, -0.05) is 32.0 Å². The summed E-state index contributed by atoms with van der Waals surface area (Å²) in [5.74, 6) is 0.395. The minimum absolute atomic E-state index is 0.142. The number of carbonyl (C=O) groups is 1. The van der Waals surface area contributed by atoms with E-state index in [9.17, 15) is 9.59 Å². The largest absolute Gasteiger partial charge is 0.352 e. The highest BCUT2D eigenvalue weighted by molar-refractivity contribution is 5.97. The predicted molar refractivity (Wildman–Crippen MR) is 99.1 cm³/mol. The molecule has 0 radical (unpaired) electrons. The number of nitrogens with zero attached hydrogens (tertiary/aromatic N) is 2. The van der Waals surface area contributed by atoms with Crippen LogP contribution < -0.4 is 10.9 Å². The average Bonchev–Trinajstić information content (AvgIpc) is 2.62. The first kappa shape index (κ1) is 16.9. The molecule has 1 aromatic heterocycles. The minimum atomic E-state index is -0.150. The number of nitrogens with one attached hydrogen (secondary N) is 1. The van der Waals surface area contributed by atoms with E-state index in [1.165, 1.54) is 10.9 Å². The number of para-hydroxylation sites is 1. The van der Waals surface area contributed by atoms with Crippen LogP contribution in [0, 0.1) is 5.92 Å². The number of fused-ring (bicyclic) bond motifs is 1. The highest BCUT2D eigenvalue weighted by atomic mass is 16.1. The molecule has 3 aromatic rings. The Morgan fingerprint density at radius 3 is 2.64 bits per heavy atom. The topological polar surface area (TPSA) is 64.0 Å². The van der Waals surface area contributed by atoms with E-state index in [4.69, 9.17) is 0 Å².